The zero-order chi connectivity index (χ0) is 14.0. The van der Waals surface area contributed by atoms with Gasteiger partial charge in [-0.05, 0) is 28.5 Å². The van der Waals surface area contributed by atoms with E-state index in [1.54, 1.807) is 7.11 Å². The second-order valence-corrected chi connectivity index (χ2v) is 5.71. The van der Waals surface area contributed by atoms with E-state index >= 15 is 0 Å². The molecule has 1 aliphatic rings. The summed E-state index contributed by atoms with van der Waals surface area (Å²) in [4.78, 5) is 0. The van der Waals surface area contributed by atoms with Gasteiger partial charge in [-0.15, -0.1) is 0 Å². The zero-order valence-electron chi connectivity index (χ0n) is 10.8. The normalized spacial score (nSPS) is 26.1. The van der Waals surface area contributed by atoms with Gasteiger partial charge in [0, 0.05) is 25.6 Å². The Labute approximate surface area is 125 Å². The van der Waals surface area contributed by atoms with E-state index in [0.717, 1.165) is 13.0 Å². The molecule has 3 atom stereocenters. The van der Waals surface area contributed by atoms with Crippen molar-refractivity contribution in [3.63, 3.8) is 0 Å². The Hall–Kier alpha value is -0.360. The third-order valence-electron chi connectivity index (χ3n) is 3.24. The fourth-order valence-corrected chi connectivity index (χ4v) is 2.96. The van der Waals surface area contributed by atoms with Crippen LogP contribution in [0.25, 0.3) is 0 Å². The fraction of sp³-hybridized carbons (Fsp3) is 0.538. The van der Waals surface area contributed by atoms with Gasteiger partial charge in [-0.1, -0.05) is 18.5 Å². The molecule has 1 aliphatic carbocycles. The Balaban J connectivity index is 2.04. The Morgan fingerprint density at radius 1 is 1.53 bits per heavy atom. The quantitative estimate of drug-likeness (QED) is 0.824. The molecule has 3 unspecified atom stereocenters. The number of hydrogen-bond donors (Lipinski definition) is 1. The minimum Gasteiger partial charge on any atom is -0.486 e. The Morgan fingerprint density at radius 2 is 2.26 bits per heavy atom. The van der Waals surface area contributed by atoms with Crippen LogP contribution in [0.3, 0.4) is 0 Å². The molecular formula is C13H16BrClFNO2. The van der Waals surface area contributed by atoms with Crippen LogP contribution in [0.5, 0.6) is 5.75 Å². The highest BCUT2D eigenvalue weighted by Gasteiger charge is 2.43. The van der Waals surface area contributed by atoms with Crippen LogP contribution in [-0.4, -0.2) is 31.9 Å². The van der Waals surface area contributed by atoms with Crippen molar-refractivity contribution in [2.45, 2.75) is 31.6 Å². The van der Waals surface area contributed by atoms with E-state index in [4.69, 9.17) is 21.1 Å². The summed E-state index contributed by atoms with van der Waals surface area (Å²) in [5.74, 6) is -0.0414. The summed E-state index contributed by atoms with van der Waals surface area (Å²) in [6, 6.07) is 3.07. The topological polar surface area (TPSA) is 30.5 Å². The molecule has 0 radical (unpaired) electrons. The molecule has 0 aliphatic heterocycles. The number of benzene rings is 1. The van der Waals surface area contributed by atoms with E-state index in [9.17, 15) is 4.39 Å². The predicted octanol–water partition coefficient (Wildman–Crippen LogP) is 3.39. The summed E-state index contributed by atoms with van der Waals surface area (Å²) in [7, 11) is 1.65. The third kappa shape index (κ3) is 3.21. The molecule has 0 heterocycles. The molecule has 1 saturated carbocycles. The number of ether oxygens (including phenoxy) is 2. The highest BCUT2D eigenvalue weighted by molar-refractivity contribution is 9.10. The maximum absolute atomic E-state index is 13.4. The maximum atomic E-state index is 13.4. The monoisotopic (exact) mass is 351 g/mol. The molecule has 1 aromatic rings. The largest absolute Gasteiger partial charge is 0.486 e. The summed E-state index contributed by atoms with van der Waals surface area (Å²) in [5, 5.41) is 3.39. The van der Waals surface area contributed by atoms with E-state index in [1.165, 1.54) is 12.1 Å². The van der Waals surface area contributed by atoms with Gasteiger partial charge in [0.15, 0.2) is 0 Å². The van der Waals surface area contributed by atoms with E-state index in [-0.39, 0.29) is 23.3 Å². The number of nitrogens with one attached hydrogen (secondary N) is 1. The van der Waals surface area contributed by atoms with Crippen molar-refractivity contribution in [3.8, 4) is 5.75 Å². The lowest BCUT2D eigenvalue weighted by Gasteiger charge is -2.43. The first-order valence-corrected chi connectivity index (χ1v) is 7.31. The van der Waals surface area contributed by atoms with Gasteiger partial charge >= 0.3 is 0 Å². The average molecular weight is 353 g/mol. The summed E-state index contributed by atoms with van der Waals surface area (Å²) >= 11 is 9.01. The Morgan fingerprint density at radius 3 is 2.89 bits per heavy atom. The van der Waals surface area contributed by atoms with Gasteiger partial charge < -0.3 is 14.8 Å². The molecule has 1 N–H and O–H groups in total. The lowest BCUT2D eigenvalue weighted by atomic mass is 9.85. The first kappa shape index (κ1) is 15.0. The minimum absolute atomic E-state index is 0.0226. The molecule has 1 aromatic carbocycles. The Bertz CT molecular complexity index is 461. The van der Waals surface area contributed by atoms with Crippen molar-refractivity contribution in [3.05, 3.63) is 27.4 Å². The van der Waals surface area contributed by atoms with Gasteiger partial charge in [-0.3, -0.25) is 0 Å². The van der Waals surface area contributed by atoms with Gasteiger partial charge in [0.25, 0.3) is 0 Å². The number of halogens is 3. The fourth-order valence-electron chi connectivity index (χ4n) is 2.23. The SMILES string of the molecule is CCNC1CC(Oc2cc(F)c(Cl)cc2Br)C1OC. The molecule has 19 heavy (non-hydrogen) atoms. The first-order valence-electron chi connectivity index (χ1n) is 6.14. The first-order chi connectivity index (χ1) is 9.06. The molecule has 6 heteroatoms. The van der Waals surface area contributed by atoms with E-state index in [2.05, 4.69) is 21.2 Å². The standard InChI is InChI=1S/C13H16BrClFNO2/c1-3-17-10-6-12(13(10)18-2)19-11-5-9(16)8(15)4-7(11)14/h4-5,10,12-13,17H,3,6H2,1-2H3. The van der Waals surface area contributed by atoms with Crippen LogP contribution in [0, 0.1) is 5.82 Å². The predicted molar refractivity (Wildman–Crippen MR) is 76.4 cm³/mol. The van der Waals surface area contributed by atoms with Gasteiger partial charge in [0.05, 0.1) is 9.50 Å². The molecule has 1 fully saturated rings. The number of methoxy groups -OCH3 is 1. The molecule has 0 bridgehead atoms. The van der Waals surface area contributed by atoms with Crippen LogP contribution in [0.4, 0.5) is 4.39 Å². The molecule has 3 nitrogen and oxygen atoms in total. The van der Waals surface area contributed by atoms with Crippen LogP contribution >= 0.6 is 27.5 Å². The van der Waals surface area contributed by atoms with Crippen molar-refractivity contribution < 1.29 is 13.9 Å². The lowest BCUT2D eigenvalue weighted by molar-refractivity contribution is -0.0887. The highest BCUT2D eigenvalue weighted by atomic mass is 79.9. The van der Waals surface area contributed by atoms with Crippen LogP contribution in [0.15, 0.2) is 16.6 Å². The maximum Gasteiger partial charge on any atom is 0.145 e. The Kier molecular flexibility index (Phi) is 5.06. The van der Waals surface area contributed by atoms with Crippen LogP contribution in [0.2, 0.25) is 5.02 Å². The second-order valence-electron chi connectivity index (χ2n) is 4.45. The van der Waals surface area contributed by atoms with E-state index < -0.39 is 5.82 Å². The summed E-state index contributed by atoms with van der Waals surface area (Å²) in [6.45, 7) is 2.93. The molecule has 106 valence electrons. The third-order valence-corrected chi connectivity index (χ3v) is 4.15. The van der Waals surface area contributed by atoms with Crippen molar-refractivity contribution >= 4 is 27.5 Å². The van der Waals surface area contributed by atoms with E-state index in [0.29, 0.717) is 10.2 Å². The summed E-state index contributed by atoms with van der Waals surface area (Å²) in [5.41, 5.74) is 0. The number of likely N-dealkylation sites (N-methyl/N-ethyl adjacent to an activating group) is 1. The highest BCUT2D eigenvalue weighted by Crippen LogP contribution is 2.35. The van der Waals surface area contributed by atoms with Gasteiger partial charge in [-0.2, -0.15) is 0 Å². The minimum atomic E-state index is -0.489. The average Bonchev–Trinajstić information content (AvgIpc) is 2.34. The second kappa shape index (κ2) is 6.39. The van der Waals surface area contributed by atoms with Gasteiger partial charge in [0.2, 0.25) is 0 Å². The number of hydrogen-bond acceptors (Lipinski definition) is 3. The molecule has 0 amide bonds. The smallest absolute Gasteiger partial charge is 0.145 e. The van der Waals surface area contributed by atoms with Crippen LogP contribution < -0.4 is 10.1 Å². The van der Waals surface area contributed by atoms with Crippen molar-refractivity contribution in [1.29, 1.82) is 0 Å². The molecule has 0 saturated heterocycles. The van der Waals surface area contributed by atoms with Crippen LogP contribution in [-0.2, 0) is 4.74 Å². The molecule has 2 rings (SSSR count). The number of rotatable bonds is 5. The van der Waals surface area contributed by atoms with Gasteiger partial charge in [-0.25, -0.2) is 4.39 Å². The van der Waals surface area contributed by atoms with Crippen molar-refractivity contribution in [2.75, 3.05) is 13.7 Å². The molecular weight excluding hydrogens is 337 g/mol. The molecule has 0 spiro atoms. The van der Waals surface area contributed by atoms with Crippen molar-refractivity contribution in [1.82, 2.24) is 5.32 Å². The van der Waals surface area contributed by atoms with Crippen LogP contribution in [0.1, 0.15) is 13.3 Å². The summed E-state index contributed by atoms with van der Waals surface area (Å²) in [6.07, 6.45) is 0.736. The zero-order valence-corrected chi connectivity index (χ0v) is 13.1. The van der Waals surface area contributed by atoms with Gasteiger partial charge in [0.1, 0.15) is 23.8 Å². The summed E-state index contributed by atoms with van der Waals surface area (Å²) < 4.78 is 25.3. The lowest BCUT2D eigenvalue weighted by Crippen LogP contribution is -2.60. The molecule has 0 aromatic heterocycles. The van der Waals surface area contributed by atoms with Crippen molar-refractivity contribution in [2.24, 2.45) is 0 Å². The van der Waals surface area contributed by atoms with E-state index in [1.807, 2.05) is 6.92 Å².